The smallest absolute Gasteiger partial charge is 0.160 e. The van der Waals surface area contributed by atoms with E-state index in [1.54, 1.807) is 0 Å². The molecule has 8 heavy (non-hydrogen) atoms. The number of hydrogen-bond acceptors (Lipinski definition) is 1. The molecule has 0 N–H and O–H groups in total. The van der Waals surface area contributed by atoms with Gasteiger partial charge in [-0.2, -0.15) is 0 Å². The minimum absolute atomic E-state index is 0. The van der Waals surface area contributed by atoms with Gasteiger partial charge >= 0.3 is 0 Å². The third-order valence-electron chi connectivity index (χ3n) is 1.03. The van der Waals surface area contributed by atoms with Crippen molar-refractivity contribution in [3.8, 4) is 0 Å². The van der Waals surface area contributed by atoms with Gasteiger partial charge in [0.15, 0.2) is 5.78 Å². The lowest BCUT2D eigenvalue weighted by Gasteiger charge is -2.23. The first-order valence-corrected chi connectivity index (χ1v) is 3.87. The van der Waals surface area contributed by atoms with Crippen LogP contribution >= 0.6 is 44.3 Å². The molecule has 48 valence electrons. The van der Waals surface area contributed by atoms with E-state index in [1.807, 2.05) is 0 Å². The fourth-order valence-corrected chi connectivity index (χ4v) is 2.69. The second kappa shape index (κ2) is 3.18. The molecule has 4 heteroatoms. The Hall–Kier alpha value is 0.920. The number of halogens is 3. The molecule has 0 saturated heterocycles. The molecule has 0 aromatic rings. The van der Waals surface area contributed by atoms with Crippen LogP contribution in [0.2, 0.25) is 0 Å². The molecule has 0 radical (unpaired) electrons. The first-order valence-electron chi connectivity index (χ1n) is 2.03. The normalized spacial score (nSPS) is 35.5. The molecule has 1 aliphatic rings. The minimum Gasteiger partial charge on any atom is -0.297 e. The molecule has 2 unspecified atom stereocenters. The van der Waals surface area contributed by atoms with Gasteiger partial charge in [-0.15, -0.1) is 12.4 Å². The maximum absolute atomic E-state index is 10.5. The number of carbonyl (C=O) groups is 1. The summed E-state index contributed by atoms with van der Waals surface area (Å²) in [6.45, 7) is 0. The van der Waals surface area contributed by atoms with Crippen LogP contribution in [0.3, 0.4) is 0 Å². The van der Waals surface area contributed by atoms with Crippen LogP contribution in [0.25, 0.3) is 0 Å². The summed E-state index contributed by atoms with van der Waals surface area (Å²) in [7, 11) is 0. The molecule has 1 aliphatic carbocycles. The van der Waals surface area contributed by atoms with E-state index >= 15 is 0 Å². The lowest BCUT2D eigenvalue weighted by molar-refractivity contribution is -0.121. The SMILES string of the molecule is Cl.O=C1C(Br)CC1Br. The Bertz CT molecular complexity index is 96.2. The second-order valence-electron chi connectivity index (χ2n) is 1.57. The molecule has 0 amide bonds. The topological polar surface area (TPSA) is 17.1 Å². The van der Waals surface area contributed by atoms with Gasteiger partial charge in [0.05, 0.1) is 9.65 Å². The van der Waals surface area contributed by atoms with E-state index in [1.165, 1.54) is 0 Å². The average Bonchev–Trinajstić information content (AvgIpc) is 1.68. The first-order chi connectivity index (χ1) is 3.22. The predicted molar refractivity (Wildman–Crippen MR) is 42.3 cm³/mol. The third kappa shape index (κ3) is 1.45. The highest BCUT2D eigenvalue weighted by molar-refractivity contribution is 9.11. The summed E-state index contributed by atoms with van der Waals surface area (Å²) in [5.41, 5.74) is 0. The quantitative estimate of drug-likeness (QED) is 0.611. The van der Waals surface area contributed by atoms with Crippen molar-refractivity contribution in [2.45, 2.75) is 16.1 Å². The second-order valence-corrected chi connectivity index (χ2v) is 3.78. The predicted octanol–water partition coefficient (Wildman–Crippen LogP) is 1.91. The maximum atomic E-state index is 10.5. The van der Waals surface area contributed by atoms with Crippen molar-refractivity contribution in [3.05, 3.63) is 0 Å². The number of Topliss-reactive ketones (excluding diaryl/α,β-unsaturated/α-hetero) is 1. The summed E-state index contributed by atoms with van der Waals surface area (Å²) in [6, 6.07) is 0. The van der Waals surface area contributed by atoms with Crippen molar-refractivity contribution in [3.63, 3.8) is 0 Å². The highest BCUT2D eigenvalue weighted by Crippen LogP contribution is 2.28. The summed E-state index contributed by atoms with van der Waals surface area (Å²) in [4.78, 5) is 10.7. The van der Waals surface area contributed by atoms with E-state index in [0.717, 1.165) is 6.42 Å². The molecule has 0 aromatic heterocycles. The number of ketones is 1. The van der Waals surface area contributed by atoms with Gasteiger partial charge in [0.1, 0.15) is 0 Å². The van der Waals surface area contributed by atoms with E-state index in [-0.39, 0.29) is 27.8 Å². The Morgan fingerprint density at radius 3 is 1.75 bits per heavy atom. The van der Waals surface area contributed by atoms with E-state index in [4.69, 9.17) is 0 Å². The van der Waals surface area contributed by atoms with Crippen LogP contribution < -0.4 is 0 Å². The number of carbonyl (C=O) groups excluding carboxylic acids is 1. The fourth-order valence-electron chi connectivity index (χ4n) is 0.450. The van der Waals surface area contributed by atoms with Crippen molar-refractivity contribution in [2.24, 2.45) is 0 Å². The largest absolute Gasteiger partial charge is 0.297 e. The highest BCUT2D eigenvalue weighted by Gasteiger charge is 2.34. The Morgan fingerprint density at radius 1 is 1.38 bits per heavy atom. The Labute approximate surface area is 70.9 Å². The Morgan fingerprint density at radius 2 is 1.75 bits per heavy atom. The minimum atomic E-state index is 0. The van der Waals surface area contributed by atoms with Crippen LogP contribution in [0.15, 0.2) is 0 Å². The van der Waals surface area contributed by atoms with Gasteiger partial charge in [0, 0.05) is 0 Å². The average molecular weight is 264 g/mol. The van der Waals surface area contributed by atoms with Crippen molar-refractivity contribution >= 4 is 50.1 Å². The van der Waals surface area contributed by atoms with Gasteiger partial charge in [-0.1, -0.05) is 31.9 Å². The molecule has 0 aromatic carbocycles. The highest BCUT2D eigenvalue weighted by atomic mass is 79.9. The zero-order chi connectivity index (χ0) is 5.44. The van der Waals surface area contributed by atoms with Crippen molar-refractivity contribution in [1.29, 1.82) is 0 Å². The summed E-state index contributed by atoms with van der Waals surface area (Å²) in [5, 5.41) is 0. The van der Waals surface area contributed by atoms with Crippen LogP contribution in [0.1, 0.15) is 6.42 Å². The van der Waals surface area contributed by atoms with Crippen molar-refractivity contribution < 1.29 is 4.79 Å². The van der Waals surface area contributed by atoms with Gasteiger partial charge in [-0.3, -0.25) is 4.79 Å². The lowest BCUT2D eigenvalue weighted by atomic mass is 9.98. The number of hydrogen-bond donors (Lipinski definition) is 0. The zero-order valence-corrected chi connectivity index (χ0v) is 7.92. The lowest BCUT2D eigenvalue weighted by Crippen LogP contribution is -2.38. The molecule has 0 heterocycles. The van der Waals surface area contributed by atoms with Crippen LogP contribution in [0.4, 0.5) is 0 Å². The van der Waals surface area contributed by atoms with Gasteiger partial charge < -0.3 is 0 Å². The summed E-state index contributed by atoms with van der Waals surface area (Å²) in [6.07, 6.45) is 0.943. The van der Waals surface area contributed by atoms with Gasteiger partial charge in [0.25, 0.3) is 0 Å². The Balaban J connectivity index is 0.000000490. The van der Waals surface area contributed by atoms with Crippen molar-refractivity contribution in [1.82, 2.24) is 0 Å². The Kier molecular flexibility index (Phi) is 3.55. The molecule has 1 fully saturated rings. The van der Waals surface area contributed by atoms with Crippen molar-refractivity contribution in [2.75, 3.05) is 0 Å². The molecule has 0 aliphatic heterocycles. The van der Waals surface area contributed by atoms with E-state index < -0.39 is 0 Å². The standard InChI is InChI=1S/C4H4Br2O.ClH/c5-2-1-3(6)4(2)7;/h2-3H,1H2;1H. The summed E-state index contributed by atoms with van der Waals surface area (Å²) >= 11 is 6.37. The van der Waals surface area contributed by atoms with Gasteiger partial charge in [0.2, 0.25) is 0 Å². The number of rotatable bonds is 0. The fraction of sp³-hybridized carbons (Fsp3) is 0.750. The van der Waals surface area contributed by atoms with E-state index in [2.05, 4.69) is 31.9 Å². The molecule has 0 spiro atoms. The van der Waals surface area contributed by atoms with Crippen LogP contribution in [-0.4, -0.2) is 15.4 Å². The summed E-state index contributed by atoms with van der Waals surface area (Å²) in [5.74, 6) is 0.278. The number of alkyl halides is 2. The molecule has 2 atom stereocenters. The molecule has 0 bridgehead atoms. The molecule has 1 rings (SSSR count). The van der Waals surface area contributed by atoms with Crippen LogP contribution in [0, 0.1) is 0 Å². The first kappa shape index (κ1) is 8.92. The maximum Gasteiger partial charge on any atom is 0.160 e. The zero-order valence-electron chi connectivity index (χ0n) is 3.93. The monoisotopic (exact) mass is 262 g/mol. The third-order valence-corrected chi connectivity index (χ3v) is 2.68. The van der Waals surface area contributed by atoms with E-state index in [9.17, 15) is 4.79 Å². The molecular weight excluding hydrogens is 259 g/mol. The van der Waals surface area contributed by atoms with Crippen LogP contribution in [0.5, 0.6) is 0 Å². The molecule has 1 saturated carbocycles. The molecular formula is C4H5Br2ClO. The van der Waals surface area contributed by atoms with Crippen LogP contribution in [-0.2, 0) is 4.79 Å². The van der Waals surface area contributed by atoms with Gasteiger partial charge in [-0.05, 0) is 6.42 Å². The molecule has 1 nitrogen and oxygen atoms in total. The van der Waals surface area contributed by atoms with E-state index in [0.29, 0.717) is 0 Å². The summed E-state index contributed by atoms with van der Waals surface area (Å²) < 4.78 is 0. The van der Waals surface area contributed by atoms with Gasteiger partial charge in [-0.25, -0.2) is 0 Å².